The van der Waals surface area contributed by atoms with Crippen LogP contribution in [0.25, 0.3) is 10.9 Å². The number of rotatable bonds is 9. The molecule has 0 atom stereocenters. The highest BCUT2D eigenvalue weighted by atomic mass is 32.2. The van der Waals surface area contributed by atoms with E-state index in [1.807, 2.05) is 24.3 Å². The van der Waals surface area contributed by atoms with Gasteiger partial charge in [0.25, 0.3) is 10.0 Å². The number of methoxy groups -OCH3 is 1. The molecule has 0 spiro atoms. The summed E-state index contributed by atoms with van der Waals surface area (Å²) in [6.45, 7) is 1.79. The molecule has 3 rings (SSSR count). The first-order valence-corrected chi connectivity index (χ1v) is 12.2. The summed E-state index contributed by atoms with van der Waals surface area (Å²) in [5.74, 6) is -1.05. The van der Waals surface area contributed by atoms with E-state index in [9.17, 15) is 18.0 Å². The second-order valence-electron chi connectivity index (χ2n) is 7.09. The van der Waals surface area contributed by atoms with Gasteiger partial charge in [0.2, 0.25) is 0 Å². The average molecular weight is 477 g/mol. The Hall–Kier alpha value is -2.82. The minimum Gasteiger partial charge on any atom is -0.465 e. The van der Waals surface area contributed by atoms with E-state index in [2.05, 4.69) is 4.98 Å². The molecule has 2 aromatic heterocycles. The topological polar surface area (TPSA) is 103 Å². The minimum atomic E-state index is -3.55. The number of benzene rings is 1. The number of esters is 2. The molecular weight excluding hydrogens is 452 g/mol. The van der Waals surface area contributed by atoms with Crippen molar-refractivity contribution in [2.45, 2.75) is 30.6 Å². The first-order chi connectivity index (χ1) is 15.3. The number of aryl methyl sites for hydroxylation is 1. The van der Waals surface area contributed by atoms with Crippen molar-refractivity contribution in [3.8, 4) is 0 Å². The molecule has 0 aliphatic rings. The highest BCUT2D eigenvalue weighted by Crippen LogP contribution is 2.24. The number of para-hydroxylation sites is 1. The van der Waals surface area contributed by atoms with Crippen LogP contribution in [0.2, 0.25) is 0 Å². The van der Waals surface area contributed by atoms with Gasteiger partial charge in [-0.2, -0.15) is 0 Å². The van der Waals surface area contributed by atoms with E-state index in [0.29, 0.717) is 23.2 Å². The fraction of sp³-hybridized carbons (Fsp3) is 0.318. The van der Waals surface area contributed by atoms with Crippen molar-refractivity contribution in [1.29, 1.82) is 0 Å². The molecule has 1 aromatic carbocycles. The zero-order valence-corrected chi connectivity index (χ0v) is 19.7. The molecule has 0 aliphatic heterocycles. The number of sulfonamides is 1. The summed E-state index contributed by atoms with van der Waals surface area (Å²) in [6, 6.07) is 10.6. The van der Waals surface area contributed by atoms with E-state index < -0.39 is 22.0 Å². The maximum Gasteiger partial charge on any atom is 0.340 e. The predicted molar refractivity (Wildman–Crippen MR) is 121 cm³/mol. The molecular formula is C22H24N2O6S2. The van der Waals surface area contributed by atoms with Gasteiger partial charge >= 0.3 is 11.9 Å². The quantitative estimate of drug-likeness (QED) is 0.435. The Morgan fingerprint density at radius 1 is 1.16 bits per heavy atom. The van der Waals surface area contributed by atoms with Crippen LogP contribution in [0.3, 0.4) is 0 Å². The van der Waals surface area contributed by atoms with E-state index in [1.165, 1.54) is 18.5 Å². The highest BCUT2D eigenvalue weighted by Gasteiger charge is 2.22. The van der Waals surface area contributed by atoms with Crippen LogP contribution in [0.15, 0.2) is 46.0 Å². The molecule has 0 amide bonds. The van der Waals surface area contributed by atoms with Crippen LogP contribution >= 0.6 is 11.3 Å². The number of hydrogen-bond acceptors (Lipinski definition) is 8. The van der Waals surface area contributed by atoms with E-state index in [1.54, 1.807) is 24.4 Å². The molecule has 32 heavy (non-hydrogen) atoms. The third-order valence-corrected chi connectivity index (χ3v) is 8.23. The van der Waals surface area contributed by atoms with Crippen molar-refractivity contribution in [1.82, 2.24) is 9.29 Å². The Labute approximate surface area is 190 Å². The summed E-state index contributed by atoms with van der Waals surface area (Å²) < 4.78 is 36.5. The van der Waals surface area contributed by atoms with Gasteiger partial charge < -0.3 is 9.47 Å². The fourth-order valence-electron chi connectivity index (χ4n) is 3.27. The summed E-state index contributed by atoms with van der Waals surface area (Å²) in [6.07, 6.45) is 0.332. The lowest BCUT2D eigenvalue weighted by atomic mass is 10.0. The Kier molecular flexibility index (Phi) is 7.60. The number of carbonyl (C=O) groups excluding carboxylic acids is 2. The number of nitrogens with zero attached hydrogens (tertiary/aromatic N) is 2. The molecule has 2 heterocycles. The van der Waals surface area contributed by atoms with Crippen LogP contribution in [-0.4, -0.2) is 50.3 Å². The summed E-state index contributed by atoms with van der Waals surface area (Å²) >= 11 is 1.15. The van der Waals surface area contributed by atoms with Crippen LogP contribution < -0.4 is 0 Å². The zero-order chi connectivity index (χ0) is 23.3. The van der Waals surface area contributed by atoms with Crippen LogP contribution in [0, 0.1) is 6.92 Å². The third kappa shape index (κ3) is 5.14. The van der Waals surface area contributed by atoms with Gasteiger partial charge in [-0.3, -0.25) is 4.79 Å². The third-order valence-electron chi connectivity index (χ3n) is 5.00. The summed E-state index contributed by atoms with van der Waals surface area (Å²) in [7, 11) is -0.792. The van der Waals surface area contributed by atoms with Crippen LogP contribution in [-0.2, 0) is 30.9 Å². The summed E-state index contributed by atoms with van der Waals surface area (Å²) in [5, 5.41) is 2.52. The lowest BCUT2D eigenvalue weighted by Gasteiger charge is -2.16. The second-order valence-corrected chi connectivity index (χ2v) is 10.3. The summed E-state index contributed by atoms with van der Waals surface area (Å²) in [4.78, 5) is 29.0. The molecule has 0 aliphatic carbocycles. The first kappa shape index (κ1) is 23.8. The molecule has 3 aromatic rings. The van der Waals surface area contributed by atoms with Gasteiger partial charge in [0.1, 0.15) is 10.8 Å². The van der Waals surface area contributed by atoms with Crippen molar-refractivity contribution in [2.24, 2.45) is 0 Å². The van der Waals surface area contributed by atoms with Gasteiger partial charge in [0.15, 0.2) is 0 Å². The molecule has 0 unspecified atom stereocenters. The van der Waals surface area contributed by atoms with E-state index in [4.69, 9.17) is 9.47 Å². The van der Waals surface area contributed by atoms with Gasteiger partial charge in [0.05, 0.1) is 23.9 Å². The minimum absolute atomic E-state index is 0.0322. The van der Waals surface area contributed by atoms with E-state index in [0.717, 1.165) is 16.7 Å². The van der Waals surface area contributed by atoms with Gasteiger partial charge in [0, 0.05) is 25.4 Å². The van der Waals surface area contributed by atoms with E-state index >= 15 is 0 Å². The molecule has 0 fully saturated rings. The number of fused-ring (bicyclic) bond motifs is 1. The van der Waals surface area contributed by atoms with Crippen LogP contribution in [0.1, 0.15) is 34.5 Å². The maximum atomic E-state index is 12.4. The van der Waals surface area contributed by atoms with Crippen molar-refractivity contribution in [3.05, 3.63) is 58.6 Å². The molecule has 10 heteroatoms. The van der Waals surface area contributed by atoms with Gasteiger partial charge in [-0.05, 0) is 36.4 Å². The lowest BCUT2D eigenvalue weighted by Crippen LogP contribution is -2.27. The van der Waals surface area contributed by atoms with Gasteiger partial charge in [-0.15, -0.1) is 11.3 Å². The van der Waals surface area contributed by atoms with Crippen molar-refractivity contribution >= 4 is 44.2 Å². The molecule has 0 saturated carbocycles. The normalized spacial score (nSPS) is 11.6. The number of ether oxygens (including phenoxy) is 2. The molecule has 8 nitrogen and oxygen atoms in total. The van der Waals surface area contributed by atoms with E-state index in [-0.39, 0.29) is 29.3 Å². The number of thiophene rings is 1. The highest BCUT2D eigenvalue weighted by molar-refractivity contribution is 7.91. The number of hydrogen-bond donors (Lipinski definition) is 0. The monoisotopic (exact) mass is 476 g/mol. The Morgan fingerprint density at radius 3 is 2.59 bits per heavy atom. The molecule has 0 N–H and O–H groups in total. The fourth-order valence-corrected chi connectivity index (χ4v) is 5.68. The van der Waals surface area contributed by atoms with Gasteiger partial charge in [-0.1, -0.05) is 24.3 Å². The standard InChI is InChI=1S/C22H24N2O6S2/c1-15-16-8-4-5-9-17(16)23-18(21(15)22(26)29-3)14-30-19(25)10-6-12-24(2)32(27,28)20-11-7-13-31-20/h4-5,7-9,11,13H,6,10,12,14H2,1-3H3. The molecule has 0 saturated heterocycles. The number of carbonyl (C=O) groups is 2. The maximum absolute atomic E-state index is 12.4. The average Bonchev–Trinajstić information content (AvgIpc) is 3.33. The van der Waals surface area contributed by atoms with Crippen molar-refractivity contribution in [3.63, 3.8) is 0 Å². The SMILES string of the molecule is COC(=O)c1c(COC(=O)CCCN(C)S(=O)(=O)c2cccs2)nc2ccccc2c1C. The van der Waals surface area contributed by atoms with Gasteiger partial charge in [-0.25, -0.2) is 22.5 Å². The first-order valence-electron chi connectivity index (χ1n) is 9.87. The molecule has 170 valence electrons. The molecule has 0 bridgehead atoms. The number of aromatic nitrogens is 1. The Bertz CT molecular complexity index is 1220. The van der Waals surface area contributed by atoms with Crippen LogP contribution in [0.5, 0.6) is 0 Å². The Morgan fingerprint density at radius 2 is 1.91 bits per heavy atom. The van der Waals surface area contributed by atoms with Crippen LogP contribution in [0.4, 0.5) is 0 Å². The molecule has 0 radical (unpaired) electrons. The van der Waals surface area contributed by atoms with Crippen molar-refractivity contribution in [2.75, 3.05) is 20.7 Å². The van der Waals surface area contributed by atoms with Crippen molar-refractivity contribution < 1.29 is 27.5 Å². The summed E-state index contributed by atoms with van der Waals surface area (Å²) in [5.41, 5.74) is 1.98. The second kappa shape index (κ2) is 10.2. The lowest BCUT2D eigenvalue weighted by molar-refractivity contribution is -0.145. The Balaban J connectivity index is 1.63. The smallest absolute Gasteiger partial charge is 0.340 e. The zero-order valence-electron chi connectivity index (χ0n) is 18.0. The predicted octanol–water partition coefficient (Wildman–Crippen LogP) is 3.54. The number of pyridine rings is 1. The largest absolute Gasteiger partial charge is 0.465 e.